The second-order valence-corrected chi connectivity index (χ2v) is 7.10. The molecule has 1 amide bonds. The van der Waals surface area contributed by atoms with Crippen molar-refractivity contribution in [2.24, 2.45) is 7.05 Å². The molecular weight excluding hydrogens is 308 g/mol. The van der Waals surface area contributed by atoms with Gasteiger partial charge < -0.3 is 9.47 Å². The van der Waals surface area contributed by atoms with Crippen LogP contribution in [0.3, 0.4) is 0 Å². The summed E-state index contributed by atoms with van der Waals surface area (Å²) in [4.78, 5) is 14.5. The molecule has 0 spiro atoms. The molecule has 0 N–H and O–H groups in total. The van der Waals surface area contributed by atoms with Gasteiger partial charge >= 0.3 is 0 Å². The summed E-state index contributed by atoms with van der Waals surface area (Å²) in [6, 6.07) is 9.92. The Morgan fingerprint density at radius 3 is 2.61 bits per heavy atom. The van der Waals surface area contributed by atoms with Crippen LogP contribution in [-0.2, 0) is 11.8 Å². The second-order valence-electron chi connectivity index (χ2n) is 6.16. The van der Waals surface area contributed by atoms with Crippen molar-refractivity contribution < 1.29 is 4.79 Å². The summed E-state index contributed by atoms with van der Waals surface area (Å²) in [5.41, 5.74) is 0.935. The van der Waals surface area contributed by atoms with E-state index in [1.807, 2.05) is 60.7 Å². The summed E-state index contributed by atoms with van der Waals surface area (Å²) in [7, 11) is 1.98. The van der Waals surface area contributed by atoms with Gasteiger partial charge in [0.25, 0.3) is 0 Å². The average molecular weight is 330 g/mol. The van der Waals surface area contributed by atoms with Gasteiger partial charge in [-0.15, -0.1) is 10.2 Å². The monoisotopic (exact) mass is 330 g/mol. The number of aromatic nitrogens is 3. The standard InChI is InChI=1S/C17H22N4OS/c1-12(2)21(14-7-5-4-6-8-14)15(22)11-23-17-19-18-16(20(17)3)13-9-10-13/h4-8,12-13H,9-11H2,1-3H3. The van der Waals surface area contributed by atoms with Crippen LogP contribution in [0.25, 0.3) is 0 Å². The molecule has 6 heteroatoms. The zero-order chi connectivity index (χ0) is 16.4. The topological polar surface area (TPSA) is 51.0 Å². The predicted molar refractivity (Wildman–Crippen MR) is 92.8 cm³/mol. The van der Waals surface area contributed by atoms with Crippen molar-refractivity contribution in [2.75, 3.05) is 10.7 Å². The number of thioether (sulfide) groups is 1. The Morgan fingerprint density at radius 2 is 2.00 bits per heavy atom. The highest BCUT2D eigenvalue weighted by Crippen LogP contribution is 2.39. The smallest absolute Gasteiger partial charge is 0.237 e. The number of rotatable bonds is 6. The van der Waals surface area contributed by atoms with Crippen molar-refractivity contribution in [2.45, 2.75) is 43.8 Å². The lowest BCUT2D eigenvalue weighted by Gasteiger charge is -2.26. The molecule has 1 saturated carbocycles. The van der Waals surface area contributed by atoms with Gasteiger partial charge in [0, 0.05) is 24.7 Å². The van der Waals surface area contributed by atoms with Gasteiger partial charge in [-0.3, -0.25) is 4.79 Å². The third-order valence-corrected chi connectivity index (χ3v) is 4.96. The minimum atomic E-state index is 0.0900. The number of amides is 1. The maximum atomic E-state index is 12.7. The van der Waals surface area contributed by atoms with E-state index in [4.69, 9.17) is 0 Å². The summed E-state index contributed by atoms with van der Waals surface area (Å²) in [5, 5.41) is 9.31. The maximum absolute atomic E-state index is 12.7. The molecule has 0 radical (unpaired) electrons. The van der Waals surface area contributed by atoms with Crippen LogP contribution in [0.15, 0.2) is 35.5 Å². The first-order chi connectivity index (χ1) is 11.1. The first-order valence-corrected chi connectivity index (χ1v) is 8.95. The van der Waals surface area contributed by atoms with Crippen molar-refractivity contribution in [1.29, 1.82) is 0 Å². The van der Waals surface area contributed by atoms with Gasteiger partial charge in [-0.05, 0) is 38.8 Å². The minimum absolute atomic E-state index is 0.0900. The molecule has 1 fully saturated rings. The third kappa shape index (κ3) is 3.58. The molecule has 1 aliphatic carbocycles. The maximum Gasteiger partial charge on any atom is 0.237 e. The summed E-state index contributed by atoms with van der Waals surface area (Å²) >= 11 is 1.46. The van der Waals surface area contributed by atoms with E-state index < -0.39 is 0 Å². The molecule has 1 aromatic heterocycles. The Bertz CT molecular complexity index is 679. The van der Waals surface area contributed by atoms with E-state index in [1.54, 1.807) is 0 Å². The van der Waals surface area contributed by atoms with Crippen LogP contribution in [0.5, 0.6) is 0 Å². The lowest BCUT2D eigenvalue weighted by atomic mass is 10.2. The van der Waals surface area contributed by atoms with Crippen LogP contribution >= 0.6 is 11.8 Å². The van der Waals surface area contributed by atoms with Crippen LogP contribution in [0, 0.1) is 0 Å². The number of benzene rings is 1. The number of nitrogens with zero attached hydrogens (tertiary/aromatic N) is 4. The van der Waals surface area contributed by atoms with Gasteiger partial charge in [0.2, 0.25) is 5.91 Å². The Balaban J connectivity index is 1.68. The van der Waals surface area contributed by atoms with Crippen molar-refractivity contribution in [1.82, 2.24) is 14.8 Å². The third-order valence-electron chi connectivity index (χ3n) is 3.96. The number of hydrogen-bond acceptors (Lipinski definition) is 4. The van der Waals surface area contributed by atoms with E-state index in [1.165, 1.54) is 24.6 Å². The van der Waals surface area contributed by atoms with E-state index in [2.05, 4.69) is 10.2 Å². The van der Waals surface area contributed by atoms with Gasteiger partial charge in [-0.1, -0.05) is 30.0 Å². The number of carbonyl (C=O) groups is 1. The highest BCUT2D eigenvalue weighted by molar-refractivity contribution is 7.99. The van der Waals surface area contributed by atoms with E-state index in [-0.39, 0.29) is 11.9 Å². The fraction of sp³-hybridized carbons (Fsp3) is 0.471. The first-order valence-electron chi connectivity index (χ1n) is 7.97. The number of para-hydroxylation sites is 1. The number of hydrogen-bond donors (Lipinski definition) is 0. The average Bonchev–Trinajstić information content (AvgIpc) is 3.30. The largest absolute Gasteiger partial charge is 0.309 e. The predicted octanol–water partition coefficient (Wildman–Crippen LogP) is 3.23. The lowest BCUT2D eigenvalue weighted by Crippen LogP contribution is -2.38. The normalized spacial score (nSPS) is 14.3. The van der Waals surface area contributed by atoms with Gasteiger partial charge in [-0.25, -0.2) is 0 Å². The Morgan fingerprint density at radius 1 is 1.30 bits per heavy atom. The molecule has 122 valence electrons. The molecule has 23 heavy (non-hydrogen) atoms. The number of anilines is 1. The van der Waals surface area contributed by atoms with Crippen molar-refractivity contribution in [3.05, 3.63) is 36.2 Å². The first kappa shape index (κ1) is 16.1. The molecule has 1 aromatic carbocycles. The quantitative estimate of drug-likeness (QED) is 0.763. The van der Waals surface area contributed by atoms with Crippen molar-refractivity contribution in [3.63, 3.8) is 0 Å². The van der Waals surface area contributed by atoms with Gasteiger partial charge in [0.1, 0.15) is 5.82 Å². The minimum Gasteiger partial charge on any atom is -0.309 e. The van der Waals surface area contributed by atoms with Gasteiger partial charge in [0.15, 0.2) is 5.16 Å². The van der Waals surface area contributed by atoms with Crippen molar-refractivity contribution in [3.8, 4) is 0 Å². The molecule has 0 saturated heterocycles. The molecule has 0 bridgehead atoms. The van der Waals surface area contributed by atoms with Crippen LogP contribution in [0.2, 0.25) is 0 Å². The van der Waals surface area contributed by atoms with Crippen LogP contribution in [0.4, 0.5) is 5.69 Å². The number of carbonyl (C=O) groups excluding carboxylic acids is 1. The summed E-state index contributed by atoms with van der Waals surface area (Å²) < 4.78 is 2.03. The van der Waals surface area contributed by atoms with Gasteiger partial charge in [0.05, 0.1) is 5.75 Å². The lowest BCUT2D eigenvalue weighted by molar-refractivity contribution is -0.116. The Hall–Kier alpha value is -1.82. The zero-order valence-corrected chi connectivity index (χ0v) is 14.6. The van der Waals surface area contributed by atoms with E-state index >= 15 is 0 Å². The van der Waals surface area contributed by atoms with Gasteiger partial charge in [-0.2, -0.15) is 0 Å². The molecule has 3 rings (SSSR count). The van der Waals surface area contributed by atoms with Crippen molar-refractivity contribution >= 4 is 23.4 Å². The van der Waals surface area contributed by atoms with E-state index in [0.29, 0.717) is 11.7 Å². The molecule has 2 aromatic rings. The Kier molecular flexibility index (Phi) is 4.71. The summed E-state index contributed by atoms with van der Waals surface area (Å²) in [6.07, 6.45) is 2.40. The molecule has 1 aliphatic rings. The van der Waals surface area contributed by atoms with Crippen LogP contribution in [-0.4, -0.2) is 32.5 Å². The second kappa shape index (κ2) is 6.74. The fourth-order valence-electron chi connectivity index (χ4n) is 2.66. The summed E-state index contributed by atoms with van der Waals surface area (Å²) in [6.45, 7) is 4.06. The highest BCUT2D eigenvalue weighted by Gasteiger charge is 2.29. The SMILES string of the molecule is CC(C)N(C(=O)CSc1nnc(C2CC2)n1C)c1ccccc1. The molecule has 0 aliphatic heterocycles. The van der Waals surface area contributed by atoms with E-state index in [0.717, 1.165) is 16.7 Å². The molecular formula is C17H22N4OS. The van der Waals surface area contributed by atoms with Crippen LogP contribution < -0.4 is 4.90 Å². The molecule has 0 atom stereocenters. The zero-order valence-electron chi connectivity index (χ0n) is 13.8. The molecule has 0 unspecified atom stereocenters. The van der Waals surface area contributed by atoms with Crippen LogP contribution in [0.1, 0.15) is 38.4 Å². The Labute approximate surface area is 141 Å². The molecule has 1 heterocycles. The summed E-state index contributed by atoms with van der Waals surface area (Å²) in [5.74, 6) is 2.06. The fourth-order valence-corrected chi connectivity index (χ4v) is 3.44. The highest BCUT2D eigenvalue weighted by atomic mass is 32.2. The molecule has 5 nitrogen and oxygen atoms in total. The van der Waals surface area contributed by atoms with E-state index in [9.17, 15) is 4.79 Å².